The van der Waals surface area contributed by atoms with Gasteiger partial charge in [-0.15, -0.1) is 0 Å². The van der Waals surface area contributed by atoms with Gasteiger partial charge < -0.3 is 18.6 Å². The molecule has 0 saturated carbocycles. The van der Waals surface area contributed by atoms with E-state index >= 15 is 0 Å². The van der Waals surface area contributed by atoms with Gasteiger partial charge in [0, 0.05) is 60.7 Å². The van der Waals surface area contributed by atoms with Gasteiger partial charge in [-0.3, -0.25) is 0 Å². The lowest BCUT2D eigenvalue weighted by Gasteiger charge is -2.33. The third-order valence-corrected chi connectivity index (χ3v) is 14.2. The van der Waals surface area contributed by atoms with E-state index in [1.807, 2.05) is 0 Å². The number of aryl methyl sites for hydroxylation is 1. The van der Waals surface area contributed by atoms with Crippen molar-refractivity contribution in [2.75, 3.05) is 9.80 Å². The van der Waals surface area contributed by atoms with Crippen molar-refractivity contribution < 1.29 is 8.83 Å². The summed E-state index contributed by atoms with van der Waals surface area (Å²) in [6, 6.07) is 53.7. The van der Waals surface area contributed by atoms with Gasteiger partial charge in [0.25, 0.3) is 0 Å². The van der Waals surface area contributed by atoms with Crippen molar-refractivity contribution in [3.63, 3.8) is 0 Å². The molecule has 0 radical (unpaired) electrons. The Kier molecular flexibility index (Phi) is 8.90. The summed E-state index contributed by atoms with van der Waals surface area (Å²) in [7, 11) is 0. The molecule has 1 aliphatic rings. The molecule has 0 fully saturated rings. The monoisotopic (exact) mass is 858 g/mol. The lowest BCUT2D eigenvalue weighted by atomic mass is 9.86. The average Bonchev–Trinajstić information content (AvgIpc) is 3.89. The van der Waals surface area contributed by atoms with Crippen LogP contribution in [0.2, 0.25) is 0 Å². The van der Waals surface area contributed by atoms with E-state index in [1.165, 1.54) is 54.7 Å². The first kappa shape index (κ1) is 40.2. The molecule has 324 valence electrons. The molecular formula is C62H54N2O2. The Balaban J connectivity index is 1.13. The Morgan fingerprint density at radius 2 is 0.894 bits per heavy atom. The van der Waals surface area contributed by atoms with Gasteiger partial charge in [0.1, 0.15) is 11.2 Å². The smallest absolute Gasteiger partial charge is 0.159 e. The Morgan fingerprint density at radius 1 is 0.439 bits per heavy atom. The number of para-hydroxylation sites is 5. The minimum atomic E-state index is -0.0829. The van der Waals surface area contributed by atoms with E-state index in [-0.39, 0.29) is 16.7 Å². The molecule has 12 rings (SSSR count). The van der Waals surface area contributed by atoms with Crippen LogP contribution in [0.4, 0.5) is 28.4 Å². The number of fused-ring (bicyclic) bond motifs is 6. The number of benzene rings is 9. The molecule has 1 atom stereocenters. The minimum Gasteiger partial charge on any atom is -0.454 e. The minimum absolute atomic E-state index is 0.0769. The standard InChI is InChI=1S/C62H54N2O2/c1-37-17-9-11-25-49(37)63(53-27-15-21-43-41-19-13-23-47(61(3,4)5)57(41)65-59(43)53)51-35-31-39-30-34-46-52(36-32-40-29-33-45(51)55(39)56(40)46)64(50-26-12-10-18-38(50)2)54-28-16-22-44-42-20-14-24-48(62(6,7)8)58(42)66-60(44)54/h9-17,19-36,38H,18H2,1-8H3/t38-/m0/s1. The van der Waals surface area contributed by atoms with Crippen LogP contribution in [0.5, 0.6) is 0 Å². The van der Waals surface area contributed by atoms with Crippen molar-refractivity contribution in [3.05, 3.63) is 186 Å². The molecule has 4 heteroatoms. The van der Waals surface area contributed by atoms with Gasteiger partial charge >= 0.3 is 0 Å². The highest BCUT2D eigenvalue weighted by molar-refractivity contribution is 6.28. The number of hydrogen-bond acceptors (Lipinski definition) is 4. The second-order valence-corrected chi connectivity index (χ2v) is 20.6. The summed E-state index contributed by atoms with van der Waals surface area (Å²) in [6.07, 6.45) is 7.76. The molecule has 0 N–H and O–H groups in total. The Morgan fingerprint density at radius 3 is 1.41 bits per heavy atom. The third-order valence-electron chi connectivity index (χ3n) is 14.2. The molecule has 9 aromatic carbocycles. The number of nitrogens with zero attached hydrogens (tertiary/aromatic N) is 2. The summed E-state index contributed by atoms with van der Waals surface area (Å²) in [5.74, 6) is 0.285. The maximum atomic E-state index is 7.10. The van der Waals surface area contributed by atoms with Crippen LogP contribution in [0.25, 0.3) is 76.2 Å². The number of allylic oxidation sites excluding steroid dienone is 4. The highest BCUT2D eigenvalue weighted by atomic mass is 16.3. The molecule has 11 aromatic rings. The van der Waals surface area contributed by atoms with E-state index in [4.69, 9.17) is 8.83 Å². The van der Waals surface area contributed by atoms with E-state index in [0.29, 0.717) is 0 Å². The summed E-state index contributed by atoms with van der Waals surface area (Å²) in [5.41, 5.74) is 13.8. The highest BCUT2D eigenvalue weighted by Crippen LogP contribution is 2.51. The van der Waals surface area contributed by atoms with E-state index in [1.54, 1.807) is 0 Å². The number of hydrogen-bond donors (Lipinski definition) is 0. The van der Waals surface area contributed by atoms with Crippen molar-refractivity contribution in [1.82, 2.24) is 0 Å². The first-order valence-electron chi connectivity index (χ1n) is 23.5. The molecule has 1 aliphatic carbocycles. The van der Waals surface area contributed by atoms with E-state index < -0.39 is 0 Å². The second kappa shape index (κ2) is 14.6. The van der Waals surface area contributed by atoms with Crippen LogP contribution >= 0.6 is 0 Å². The first-order chi connectivity index (χ1) is 31.9. The maximum absolute atomic E-state index is 7.10. The van der Waals surface area contributed by atoms with Crippen LogP contribution in [0, 0.1) is 12.8 Å². The lowest BCUT2D eigenvalue weighted by Crippen LogP contribution is -2.23. The van der Waals surface area contributed by atoms with Crippen LogP contribution < -0.4 is 9.80 Å². The molecule has 0 amide bonds. The molecule has 2 heterocycles. The predicted octanol–water partition coefficient (Wildman–Crippen LogP) is 18.4. The highest BCUT2D eigenvalue weighted by Gasteiger charge is 2.30. The van der Waals surface area contributed by atoms with E-state index in [0.717, 1.165) is 78.7 Å². The zero-order valence-corrected chi connectivity index (χ0v) is 39.1. The molecular weight excluding hydrogens is 805 g/mol. The van der Waals surface area contributed by atoms with Gasteiger partial charge in [0.15, 0.2) is 11.2 Å². The fraction of sp³-hybridized carbons (Fsp3) is 0.194. The largest absolute Gasteiger partial charge is 0.454 e. The molecule has 0 aliphatic heterocycles. The molecule has 2 aromatic heterocycles. The summed E-state index contributed by atoms with van der Waals surface area (Å²) in [4.78, 5) is 4.93. The quantitative estimate of drug-likeness (QED) is 0.156. The van der Waals surface area contributed by atoms with Gasteiger partial charge in [-0.05, 0) is 87.7 Å². The topological polar surface area (TPSA) is 32.8 Å². The van der Waals surface area contributed by atoms with Crippen molar-refractivity contribution in [1.29, 1.82) is 0 Å². The Hall–Kier alpha value is -7.30. The fourth-order valence-electron chi connectivity index (χ4n) is 10.9. The predicted molar refractivity (Wildman–Crippen MR) is 281 cm³/mol. The van der Waals surface area contributed by atoms with Gasteiger partial charge in [0.2, 0.25) is 0 Å². The maximum Gasteiger partial charge on any atom is 0.159 e. The molecule has 0 bridgehead atoms. The molecule has 4 nitrogen and oxygen atoms in total. The SMILES string of the molecule is Cc1ccccc1N(c1ccc2ccc3c(N(C4=CC=CC[C@@H]4C)c4cccc5c4oc4c(C(C)(C)C)cccc45)ccc4ccc1c2c43)c1cccc2c1oc1c(C(C)(C)C)cccc12. The summed E-state index contributed by atoms with van der Waals surface area (Å²) in [6.45, 7) is 18.1. The number of furan rings is 2. The molecule has 0 spiro atoms. The molecule has 0 unspecified atom stereocenters. The van der Waals surface area contributed by atoms with Gasteiger partial charge in [-0.25, -0.2) is 0 Å². The van der Waals surface area contributed by atoms with Crippen molar-refractivity contribution in [2.45, 2.75) is 72.6 Å². The fourth-order valence-corrected chi connectivity index (χ4v) is 10.9. The summed E-state index contributed by atoms with van der Waals surface area (Å²) >= 11 is 0. The van der Waals surface area contributed by atoms with Crippen molar-refractivity contribution in [3.8, 4) is 0 Å². The van der Waals surface area contributed by atoms with Crippen LogP contribution in [0.1, 0.15) is 71.6 Å². The van der Waals surface area contributed by atoms with E-state index in [9.17, 15) is 0 Å². The molecule has 66 heavy (non-hydrogen) atoms. The van der Waals surface area contributed by atoms with Crippen LogP contribution in [-0.4, -0.2) is 0 Å². The first-order valence-corrected chi connectivity index (χ1v) is 23.5. The van der Waals surface area contributed by atoms with Gasteiger partial charge in [-0.2, -0.15) is 0 Å². The zero-order chi connectivity index (χ0) is 45.2. The van der Waals surface area contributed by atoms with Gasteiger partial charge in [-0.1, -0.05) is 176 Å². The van der Waals surface area contributed by atoms with Crippen LogP contribution in [0.15, 0.2) is 178 Å². The normalized spacial score (nSPS) is 14.8. The summed E-state index contributed by atoms with van der Waals surface area (Å²) < 4.78 is 14.2. The van der Waals surface area contributed by atoms with Gasteiger partial charge in [0.05, 0.1) is 22.7 Å². The van der Waals surface area contributed by atoms with Crippen molar-refractivity contribution >= 4 is 105 Å². The number of anilines is 5. The van der Waals surface area contributed by atoms with Crippen LogP contribution in [-0.2, 0) is 10.8 Å². The third kappa shape index (κ3) is 6.04. The van der Waals surface area contributed by atoms with E-state index in [2.05, 4.69) is 229 Å². The Labute approximate surface area is 386 Å². The molecule has 0 saturated heterocycles. The lowest BCUT2D eigenvalue weighted by molar-refractivity contribution is 0.572. The average molecular weight is 859 g/mol. The zero-order valence-electron chi connectivity index (χ0n) is 39.1. The second-order valence-electron chi connectivity index (χ2n) is 20.6. The number of rotatable bonds is 6. The van der Waals surface area contributed by atoms with Crippen LogP contribution in [0.3, 0.4) is 0 Å². The summed E-state index contributed by atoms with van der Waals surface area (Å²) in [5, 5.41) is 11.8. The Bertz CT molecular complexity index is 3810. The van der Waals surface area contributed by atoms with Crippen molar-refractivity contribution in [2.24, 2.45) is 5.92 Å².